The molecular formula is C9H14O. The van der Waals surface area contributed by atoms with Gasteiger partial charge in [0.05, 0.1) is 0 Å². The Labute approximate surface area is 62.1 Å². The summed E-state index contributed by atoms with van der Waals surface area (Å²) in [7, 11) is 0. The minimum Gasteiger partial charge on any atom is -0.234 e. The molecule has 0 unspecified atom stereocenters. The largest absolute Gasteiger partial charge is 0.234 e. The molecule has 0 aromatic carbocycles. The molecular weight excluding hydrogens is 124 g/mol. The zero-order valence-electron chi connectivity index (χ0n) is 6.52. The average molecular weight is 138 g/mol. The first-order valence-corrected chi connectivity index (χ1v) is 4.06. The van der Waals surface area contributed by atoms with E-state index < -0.39 is 0 Å². The van der Waals surface area contributed by atoms with Gasteiger partial charge in [-0.15, -0.1) is 0 Å². The maximum absolute atomic E-state index is 10.2. The lowest BCUT2D eigenvalue weighted by Gasteiger charge is -2.19. The van der Waals surface area contributed by atoms with E-state index in [1.165, 1.54) is 32.1 Å². The van der Waals surface area contributed by atoms with Gasteiger partial charge in [0.25, 0.3) is 0 Å². The highest BCUT2D eigenvalue weighted by atomic mass is 16.1. The SMILES string of the molecule is CC(=C=O)C1CCCCC1. The summed E-state index contributed by atoms with van der Waals surface area (Å²) >= 11 is 0. The lowest BCUT2D eigenvalue weighted by molar-refractivity contribution is 0.403. The van der Waals surface area contributed by atoms with Crippen LogP contribution in [0.25, 0.3) is 0 Å². The third-order valence-electron chi connectivity index (χ3n) is 2.38. The van der Waals surface area contributed by atoms with Crippen LogP contribution in [-0.2, 0) is 4.79 Å². The van der Waals surface area contributed by atoms with Crippen LogP contribution in [-0.4, -0.2) is 5.94 Å². The Morgan fingerprint density at radius 3 is 2.40 bits per heavy atom. The monoisotopic (exact) mass is 138 g/mol. The molecule has 0 amide bonds. The molecule has 1 heteroatoms. The first-order chi connectivity index (χ1) is 4.84. The lowest BCUT2D eigenvalue weighted by atomic mass is 9.85. The van der Waals surface area contributed by atoms with Crippen LogP contribution in [0, 0.1) is 5.92 Å². The van der Waals surface area contributed by atoms with Crippen molar-refractivity contribution in [3.05, 3.63) is 5.57 Å². The fraction of sp³-hybridized carbons (Fsp3) is 0.778. The van der Waals surface area contributed by atoms with E-state index in [-0.39, 0.29) is 0 Å². The highest BCUT2D eigenvalue weighted by molar-refractivity contribution is 5.52. The van der Waals surface area contributed by atoms with Crippen LogP contribution in [0.15, 0.2) is 5.57 Å². The predicted molar refractivity (Wildman–Crippen MR) is 41.5 cm³/mol. The van der Waals surface area contributed by atoms with Gasteiger partial charge in [-0.2, -0.15) is 0 Å². The van der Waals surface area contributed by atoms with Gasteiger partial charge in [0.15, 0.2) is 0 Å². The zero-order valence-corrected chi connectivity index (χ0v) is 6.52. The molecule has 1 aliphatic carbocycles. The third-order valence-corrected chi connectivity index (χ3v) is 2.38. The van der Waals surface area contributed by atoms with Gasteiger partial charge in [-0.05, 0) is 25.7 Å². The minimum absolute atomic E-state index is 0.561. The molecule has 1 fully saturated rings. The summed E-state index contributed by atoms with van der Waals surface area (Å²) < 4.78 is 0. The molecule has 1 aliphatic rings. The third kappa shape index (κ3) is 1.71. The molecule has 10 heavy (non-hydrogen) atoms. The molecule has 0 bridgehead atoms. The summed E-state index contributed by atoms with van der Waals surface area (Å²) in [5.41, 5.74) is 0.930. The van der Waals surface area contributed by atoms with Crippen LogP contribution in [0.1, 0.15) is 39.0 Å². The first kappa shape index (κ1) is 7.56. The molecule has 0 saturated heterocycles. The van der Waals surface area contributed by atoms with Crippen molar-refractivity contribution in [2.24, 2.45) is 5.92 Å². The molecule has 0 spiro atoms. The summed E-state index contributed by atoms with van der Waals surface area (Å²) in [6.45, 7) is 1.91. The number of hydrogen-bond donors (Lipinski definition) is 0. The average Bonchev–Trinajstić information content (AvgIpc) is 2.05. The van der Waals surface area contributed by atoms with Crippen molar-refractivity contribution in [2.45, 2.75) is 39.0 Å². The Morgan fingerprint density at radius 2 is 1.90 bits per heavy atom. The Balaban J connectivity index is 2.46. The van der Waals surface area contributed by atoms with E-state index in [1.807, 2.05) is 12.9 Å². The van der Waals surface area contributed by atoms with Crippen LogP contribution < -0.4 is 0 Å². The van der Waals surface area contributed by atoms with E-state index in [0.29, 0.717) is 5.92 Å². The smallest absolute Gasteiger partial charge is 0.123 e. The number of rotatable bonds is 1. The molecule has 1 saturated carbocycles. The van der Waals surface area contributed by atoms with Crippen molar-refractivity contribution in [3.63, 3.8) is 0 Å². The molecule has 1 nitrogen and oxygen atoms in total. The molecule has 0 aliphatic heterocycles. The van der Waals surface area contributed by atoms with Crippen LogP contribution in [0.2, 0.25) is 0 Å². The van der Waals surface area contributed by atoms with Gasteiger partial charge in [-0.25, -0.2) is 4.79 Å². The van der Waals surface area contributed by atoms with E-state index in [1.54, 1.807) is 0 Å². The maximum atomic E-state index is 10.2. The maximum Gasteiger partial charge on any atom is 0.123 e. The van der Waals surface area contributed by atoms with Crippen LogP contribution in [0.5, 0.6) is 0 Å². The van der Waals surface area contributed by atoms with Crippen molar-refractivity contribution in [1.82, 2.24) is 0 Å². The van der Waals surface area contributed by atoms with E-state index in [0.717, 1.165) is 5.57 Å². The van der Waals surface area contributed by atoms with Crippen LogP contribution in [0.4, 0.5) is 0 Å². The molecule has 0 atom stereocenters. The normalized spacial score (nSPS) is 20.1. The number of allylic oxidation sites excluding steroid dienone is 1. The highest BCUT2D eigenvalue weighted by Gasteiger charge is 2.14. The van der Waals surface area contributed by atoms with E-state index in [9.17, 15) is 4.79 Å². The van der Waals surface area contributed by atoms with Gasteiger partial charge >= 0.3 is 0 Å². The second kappa shape index (κ2) is 3.58. The number of carbonyl (C=O) groups excluding carboxylic acids is 1. The lowest BCUT2D eigenvalue weighted by Crippen LogP contribution is -2.07. The van der Waals surface area contributed by atoms with E-state index in [2.05, 4.69) is 0 Å². The minimum atomic E-state index is 0.561. The van der Waals surface area contributed by atoms with Crippen molar-refractivity contribution in [1.29, 1.82) is 0 Å². The van der Waals surface area contributed by atoms with Gasteiger partial charge in [0.1, 0.15) is 5.94 Å². The van der Waals surface area contributed by atoms with Gasteiger partial charge in [-0.3, -0.25) is 0 Å². The van der Waals surface area contributed by atoms with Crippen molar-refractivity contribution in [3.8, 4) is 0 Å². The zero-order chi connectivity index (χ0) is 7.40. The van der Waals surface area contributed by atoms with Crippen LogP contribution in [0.3, 0.4) is 0 Å². The fourth-order valence-corrected chi connectivity index (χ4v) is 1.62. The fourth-order valence-electron chi connectivity index (χ4n) is 1.62. The first-order valence-electron chi connectivity index (χ1n) is 4.06. The van der Waals surface area contributed by atoms with Gasteiger partial charge < -0.3 is 0 Å². The summed E-state index contributed by atoms with van der Waals surface area (Å²) in [6, 6.07) is 0. The van der Waals surface area contributed by atoms with Crippen molar-refractivity contribution >= 4 is 5.94 Å². The standard InChI is InChI=1S/C9H14O/c1-8(7-10)9-5-3-2-4-6-9/h9H,2-6H2,1H3. The molecule has 0 radical (unpaired) electrons. The van der Waals surface area contributed by atoms with E-state index >= 15 is 0 Å². The molecule has 0 aromatic rings. The molecule has 0 N–H and O–H groups in total. The molecule has 0 heterocycles. The van der Waals surface area contributed by atoms with E-state index in [4.69, 9.17) is 0 Å². The van der Waals surface area contributed by atoms with Gasteiger partial charge in [0, 0.05) is 5.57 Å². The van der Waals surface area contributed by atoms with Crippen molar-refractivity contribution < 1.29 is 4.79 Å². The Bertz CT molecular complexity index is 148. The predicted octanol–water partition coefficient (Wildman–Crippen LogP) is 2.34. The molecule has 56 valence electrons. The Morgan fingerprint density at radius 1 is 1.30 bits per heavy atom. The summed E-state index contributed by atoms with van der Waals surface area (Å²) in [4.78, 5) is 10.2. The Kier molecular flexibility index (Phi) is 2.70. The summed E-state index contributed by atoms with van der Waals surface area (Å²) in [5, 5.41) is 0. The molecule has 0 aromatic heterocycles. The highest BCUT2D eigenvalue weighted by Crippen LogP contribution is 2.27. The van der Waals surface area contributed by atoms with Gasteiger partial charge in [0.2, 0.25) is 0 Å². The molecule has 1 rings (SSSR count). The second-order valence-electron chi connectivity index (χ2n) is 3.12. The topological polar surface area (TPSA) is 17.1 Å². The van der Waals surface area contributed by atoms with Crippen LogP contribution >= 0.6 is 0 Å². The number of hydrogen-bond acceptors (Lipinski definition) is 1. The van der Waals surface area contributed by atoms with Gasteiger partial charge in [-0.1, -0.05) is 19.3 Å². The summed E-state index contributed by atoms with van der Waals surface area (Å²) in [5.74, 6) is 2.56. The quantitative estimate of drug-likeness (QED) is 0.508. The second-order valence-corrected chi connectivity index (χ2v) is 3.12. The Hall–Kier alpha value is -0.550. The summed E-state index contributed by atoms with van der Waals surface area (Å²) in [6.07, 6.45) is 6.36. The van der Waals surface area contributed by atoms with Crippen molar-refractivity contribution in [2.75, 3.05) is 0 Å².